The number of carbonyl (C=O) groups is 1. The smallest absolute Gasteiger partial charge is 0.285 e. The van der Waals surface area contributed by atoms with Crippen LogP contribution in [0.5, 0.6) is 0 Å². The fraction of sp³-hybridized carbons (Fsp3) is 0.545. The number of nitrogens with one attached hydrogen (secondary N) is 2. The highest BCUT2D eigenvalue weighted by atomic mass is 35.5. The Kier molecular flexibility index (Phi) is 4.39. The first kappa shape index (κ1) is 13.8. The zero-order valence-corrected chi connectivity index (χ0v) is 11.1. The van der Waals surface area contributed by atoms with Gasteiger partial charge in [0.05, 0.1) is 18.4 Å². The van der Waals surface area contributed by atoms with Crippen LogP contribution >= 0.6 is 11.6 Å². The van der Waals surface area contributed by atoms with E-state index >= 15 is 0 Å². The van der Waals surface area contributed by atoms with Crippen LogP contribution < -0.4 is 16.6 Å². The highest BCUT2D eigenvalue weighted by Gasteiger charge is 2.20. The molecule has 0 bridgehead atoms. The van der Waals surface area contributed by atoms with Gasteiger partial charge >= 0.3 is 0 Å². The van der Waals surface area contributed by atoms with Crippen molar-refractivity contribution in [1.82, 2.24) is 15.1 Å². The zero-order valence-electron chi connectivity index (χ0n) is 10.4. The van der Waals surface area contributed by atoms with Crippen LogP contribution in [0.25, 0.3) is 0 Å². The van der Waals surface area contributed by atoms with Gasteiger partial charge < -0.3 is 11.1 Å². The summed E-state index contributed by atoms with van der Waals surface area (Å²) in [6.45, 7) is 1.86. The summed E-state index contributed by atoms with van der Waals surface area (Å²) in [4.78, 5) is 24.1. The number of rotatable bonds is 4. The van der Waals surface area contributed by atoms with Crippen LogP contribution in [-0.2, 0) is 4.79 Å². The van der Waals surface area contributed by atoms with Crippen molar-refractivity contribution < 1.29 is 4.79 Å². The van der Waals surface area contributed by atoms with Crippen LogP contribution in [-0.4, -0.2) is 46.7 Å². The van der Waals surface area contributed by atoms with Crippen LogP contribution in [0.15, 0.2) is 11.0 Å². The van der Waals surface area contributed by atoms with Crippen molar-refractivity contribution in [2.45, 2.75) is 18.9 Å². The maximum absolute atomic E-state index is 11.3. The molecule has 2 rings (SSSR count). The van der Waals surface area contributed by atoms with Crippen molar-refractivity contribution in [3.05, 3.63) is 21.6 Å². The second kappa shape index (κ2) is 6.03. The van der Waals surface area contributed by atoms with Gasteiger partial charge in [-0.05, 0) is 12.8 Å². The minimum absolute atomic E-state index is 0.120. The van der Waals surface area contributed by atoms with E-state index < -0.39 is 5.56 Å². The number of H-pyrrole nitrogens is 1. The second-order valence-electron chi connectivity index (χ2n) is 4.59. The fourth-order valence-corrected chi connectivity index (χ4v) is 2.31. The summed E-state index contributed by atoms with van der Waals surface area (Å²) in [7, 11) is 0. The van der Waals surface area contributed by atoms with E-state index in [1.54, 1.807) is 0 Å². The maximum atomic E-state index is 11.3. The van der Waals surface area contributed by atoms with Gasteiger partial charge in [-0.3, -0.25) is 14.5 Å². The van der Waals surface area contributed by atoms with Crippen LogP contribution in [0, 0.1) is 0 Å². The Bertz CT molecular complexity index is 510. The van der Waals surface area contributed by atoms with Gasteiger partial charge in [0, 0.05) is 19.1 Å². The van der Waals surface area contributed by atoms with Gasteiger partial charge in [-0.25, -0.2) is 5.10 Å². The van der Waals surface area contributed by atoms with Crippen molar-refractivity contribution in [2.75, 3.05) is 25.0 Å². The molecule has 1 amide bonds. The monoisotopic (exact) mass is 285 g/mol. The number of hydrogen-bond acceptors (Lipinski definition) is 5. The van der Waals surface area contributed by atoms with E-state index in [0.29, 0.717) is 12.2 Å². The zero-order chi connectivity index (χ0) is 13.8. The summed E-state index contributed by atoms with van der Waals surface area (Å²) in [5.74, 6) is -0.312. The number of anilines is 1. The van der Waals surface area contributed by atoms with Gasteiger partial charge in [0.15, 0.2) is 0 Å². The lowest BCUT2D eigenvalue weighted by atomic mass is 10.0. The number of nitrogens with two attached hydrogens (primary N) is 1. The van der Waals surface area contributed by atoms with Gasteiger partial charge in [0.1, 0.15) is 5.02 Å². The minimum atomic E-state index is -0.405. The third-order valence-electron chi connectivity index (χ3n) is 3.12. The van der Waals surface area contributed by atoms with Gasteiger partial charge in [-0.15, -0.1) is 0 Å². The van der Waals surface area contributed by atoms with Crippen LogP contribution in [0.2, 0.25) is 5.02 Å². The van der Waals surface area contributed by atoms with Gasteiger partial charge in [-0.2, -0.15) is 5.10 Å². The molecule has 1 aliphatic rings. The summed E-state index contributed by atoms with van der Waals surface area (Å²) in [6, 6.07) is 0.213. The van der Waals surface area contributed by atoms with Crippen molar-refractivity contribution in [3.8, 4) is 0 Å². The lowest BCUT2D eigenvalue weighted by Crippen LogP contribution is -2.43. The maximum Gasteiger partial charge on any atom is 0.285 e. The molecule has 0 unspecified atom stereocenters. The standard InChI is InChI=1S/C11H16ClN5O2/c12-10-8(5-14-16-11(10)19)15-7-1-3-17(4-2-7)6-9(13)18/h5,7H,1-4,6H2,(H2,13,18)(H2,15,16,19). The third-order valence-corrected chi connectivity index (χ3v) is 3.50. The lowest BCUT2D eigenvalue weighted by Gasteiger charge is -2.31. The highest BCUT2D eigenvalue weighted by Crippen LogP contribution is 2.20. The Hall–Kier alpha value is -1.60. The predicted octanol–water partition coefficient (Wildman–Crippen LogP) is -0.215. The molecule has 2 heterocycles. The molecule has 0 aromatic carbocycles. The molecule has 1 aliphatic heterocycles. The molecule has 0 atom stereocenters. The number of carbonyl (C=O) groups excluding carboxylic acids is 1. The van der Waals surface area contributed by atoms with E-state index in [9.17, 15) is 9.59 Å². The highest BCUT2D eigenvalue weighted by molar-refractivity contribution is 6.32. The molecule has 1 fully saturated rings. The molecule has 4 N–H and O–H groups in total. The molecule has 1 saturated heterocycles. The molecule has 19 heavy (non-hydrogen) atoms. The van der Waals surface area contributed by atoms with E-state index in [1.165, 1.54) is 6.20 Å². The number of likely N-dealkylation sites (tertiary alicyclic amines) is 1. The van der Waals surface area contributed by atoms with Crippen LogP contribution in [0.4, 0.5) is 5.69 Å². The Morgan fingerprint density at radius 2 is 2.26 bits per heavy atom. The normalized spacial score (nSPS) is 17.3. The molecule has 0 spiro atoms. The summed E-state index contributed by atoms with van der Waals surface area (Å²) < 4.78 is 0. The Morgan fingerprint density at radius 3 is 2.89 bits per heavy atom. The SMILES string of the molecule is NC(=O)CN1CCC(Nc2cn[nH]c(=O)c2Cl)CC1. The quantitative estimate of drug-likeness (QED) is 0.710. The molecule has 1 aromatic heterocycles. The average molecular weight is 286 g/mol. The number of piperidine rings is 1. The first-order chi connectivity index (χ1) is 9.06. The third kappa shape index (κ3) is 3.68. The summed E-state index contributed by atoms with van der Waals surface area (Å²) in [6.07, 6.45) is 3.21. The first-order valence-electron chi connectivity index (χ1n) is 6.06. The summed E-state index contributed by atoms with van der Waals surface area (Å²) in [5, 5.41) is 9.30. The molecule has 8 heteroatoms. The van der Waals surface area contributed by atoms with Crippen LogP contribution in [0.1, 0.15) is 12.8 Å². The molecule has 0 saturated carbocycles. The van der Waals surface area contributed by atoms with E-state index in [-0.39, 0.29) is 17.0 Å². The number of hydrogen-bond donors (Lipinski definition) is 3. The number of halogens is 1. The molecular weight excluding hydrogens is 270 g/mol. The number of aromatic nitrogens is 2. The Balaban J connectivity index is 1.90. The van der Waals surface area contributed by atoms with Crippen molar-refractivity contribution in [2.24, 2.45) is 5.73 Å². The van der Waals surface area contributed by atoms with Crippen molar-refractivity contribution >= 4 is 23.2 Å². The van der Waals surface area contributed by atoms with E-state index in [4.69, 9.17) is 17.3 Å². The predicted molar refractivity (Wildman–Crippen MR) is 72.1 cm³/mol. The molecule has 104 valence electrons. The topological polar surface area (TPSA) is 104 Å². The number of aromatic amines is 1. The van der Waals surface area contributed by atoms with E-state index in [1.807, 2.05) is 4.90 Å². The Morgan fingerprint density at radius 1 is 1.58 bits per heavy atom. The second-order valence-corrected chi connectivity index (χ2v) is 4.97. The first-order valence-corrected chi connectivity index (χ1v) is 6.44. The number of nitrogens with zero attached hydrogens (tertiary/aromatic N) is 2. The molecule has 0 radical (unpaired) electrons. The average Bonchev–Trinajstić information content (AvgIpc) is 2.37. The fourth-order valence-electron chi connectivity index (χ4n) is 2.16. The van der Waals surface area contributed by atoms with Crippen LogP contribution in [0.3, 0.4) is 0 Å². The van der Waals surface area contributed by atoms with E-state index in [0.717, 1.165) is 25.9 Å². The van der Waals surface area contributed by atoms with Gasteiger partial charge in [0.25, 0.3) is 5.56 Å². The van der Waals surface area contributed by atoms with E-state index in [2.05, 4.69) is 15.5 Å². The largest absolute Gasteiger partial charge is 0.380 e. The molecule has 1 aromatic rings. The Labute approximate surface area is 115 Å². The van der Waals surface area contributed by atoms with Gasteiger partial charge in [-0.1, -0.05) is 11.6 Å². The molecule has 0 aliphatic carbocycles. The lowest BCUT2D eigenvalue weighted by molar-refractivity contribution is -0.119. The minimum Gasteiger partial charge on any atom is -0.380 e. The number of amides is 1. The number of primary amides is 1. The van der Waals surface area contributed by atoms with Crippen molar-refractivity contribution in [1.29, 1.82) is 0 Å². The molecular formula is C11H16ClN5O2. The molecule has 7 nitrogen and oxygen atoms in total. The summed E-state index contributed by atoms with van der Waals surface area (Å²) in [5.41, 5.74) is 5.29. The summed E-state index contributed by atoms with van der Waals surface area (Å²) >= 11 is 5.89. The van der Waals surface area contributed by atoms with Gasteiger partial charge in [0.2, 0.25) is 5.91 Å². The van der Waals surface area contributed by atoms with Crippen molar-refractivity contribution in [3.63, 3.8) is 0 Å².